The molecule has 0 unspecified atom stereocenters. The molecule has 0 fully saturated rings. The smallest absolute Gasteiger partial charge is 0.00945 e. The summed E-state index contributed by atoms with van der Waals surface area (Å²) in [5.74, 6) is 0. The third-order valence-corrected chi connectivity index (χ3v) is 1.10. The highest BCUT2D eigenvalue weighted by atomic mass is 13.9. The van der Waals surface area contributed by atoms with Crippen molar-refractivity contribution in [3.05, 3.63) is 37.0 Å². The van der Waals surface area contributed by atoms with Crippen LogP contribution >= 0.6 is 0 Å². The van der Waals surface area contributed by atoms with E-state index < -0.39 is 0 Å². The molecule has 0 atom stereocenters. The molecule has 0 heterocycles. The molecule has 49 valence electrons. The zero-order valence-electron chi connectivity index (χ0n) is 5.98. The minimum Gasteiger partial charge on any atom is -0.103 e. The van der Waals surface area contributed by atoms with Crippen molar-refractivity contribution in [3.63, 3.8) is 0 Å². The number of hydrogen-bond acceptors (Lipinski definition) is 0. The van der Waals surface area contributed by atoms with Gasteiger partial charge in [-0.1, -0.05) is 25.7 Å². The molecule has 0 saturated carbocycles. The minimum atomic E-state index is 0.829. The molecule has 0 N–H and O–H groups in total. The van der Waals surface area contributed by atoms with Crippen molar-refractivity contribution in [1.82, 2.24) is 0 Å². The Morgan fingerprint density at radius 2 is 2.22 bits per heavy atom. The van der Waals surface area contributed by atoms with Gasteiger partial charge < -0.3 is 0 Å². The molecule has 0 spiro atoms. The summed E-state index contributed by atoms with van der Waals surface area (Å²) in [5.41, 5.74) is 1.18. The van der Waals surface area contributed by atoms with Crippen molar-refractivity contribution in [2.45, 2.75) is 19.8 Å². The molecule has 1 radical (unpaired) electrons. The molecule has 0 aliphatic heterocycles. The molecule has 0 heteroatoms. The van der Waals surface area contributed by atoms with E-state index in [2.05, 4.69) is 26.2 Å². The van der Waals surface area contributed by atoms with Crippen molar-refractivity contribution in [3.8, 4) is 0 Å². The first kappa shape index (κ1) is 8.22. The van der Waals surface area contributed by atoms with Gasteiger partial charge in [0.05, 0.1) is 0 Å². The standard InChI is InChI=1S/C9H13/c1-4-7-8-9(5-2)6-3/h4-5H,1-2,6-7H2,3H3. The zero-order chi connectivity index (χ0) is 7.11. The highest BCUT2D eigenvalue weighted by Gasteiger charge is 1.82. The molecule has 0 bridgehead atoms. The lowest BCUT2D eigenvalue weighted by molar-refractivity contribution is 1.11. The maximum atomic E-state index is 3.65. The van der Waals surface area contributed by atoms with Gasteiger partial charge in [0.2, 0.25) is 0 Å². The third kappa shape index (κ3) is 3.77. The fraction of sp³-hybridized carbons (Fsp3) is 0.333. The van der Waals surface area contributed by atoms with Crippen LogP contribution in [0.5, 0.6) is 0 Å². The monoisotopic (exact) mass is 121 g/mol. The van der Waals surface area contributed by atoms with Crippen LogP contribution in [-0.2, 0) is 0 Å². The van der Waals surface area contributed by atoms with Crippen molar-refractivity contribution < 1.29 is 0 Å². The van der Waals surface area contributed by atoms with Gasteiger partial charge in [-0.15, -0.1) is 6.58 Å². The van der Waals surface area contributed by atoms with Crippen LogP contribution in [0.1, 0.15) is 19.8 Å². The van der Waals surface area contributed by atoms with Gasteiger partial charge in [-0.3, -0.25) is 0 Å². The summed E-state index contributed by atoms with van der Waals surface area (Å²) in [6.45, 7) is 9.33. The Morgan fingerprint density at radius 1 is 1.56 bits per heavy atom. The summed E-state index contributed by atoms with van der Waals surface area (Å²) in [7, 11) is 0. The summed E-state index contributed by atoms with van der Waals surface area (Å²) >= 11 is 0. The predicted octanol–water partition coefficient (Wildman–Crippen LogP) is 2.89. The summed E-state index contributed by atoms with van der Waals surface area (Å²) in [6.07, 6.45) is 8.66. The maximum Gasteiger partial charge on any atom is -0.00945 e. The van der Waals surface area contributed by atoms with Gasteiger partial charge >= 0.3 is 0 Å². The van der Waals surface area contributed by atoms with Gasteiger partial charge in [-0.05, 0) is 24.5 Å². The SMILES string of the molecule is C=CC/[C]=C(\C=C)CC. The Morgan fingerprint density at radius 3 is 2.56 bits per heavy atom. The van der Waals surface area contributed by atoms with Gasteiger partial charge in [-0.2, -0.15) is 0 Å². The lowest BCUT2D eigenvalue weighted by atomic mass is 10.2. The van der Waals surface area contributed by atoms with Crippen LogP contribution in [0.4, 0.5) is 0 Å². The average molecular weight is 121 g/mol. The van der Waals surface area contributed by atoms with Gasteiger partial charge in [0.15, 0.2) is 0 Å². The Kier molecular flexibility index (Phi) is 4.89. The largest absolute Gasteiger partial charge is 0.103 e. The maximum absolute atomic E-state index is 3.65. The molecular formula is C9H13. The second-order valence-corrected chi connectivity index (χ2v) is 1.75. The van der Waals surface area contributed by atoms with Gasteiger partial charge in [0.25, 0.3) is 0 Å². The Hall–Kier alpha value is -0.780. The van der Waals surface area contributed by atoms with Gasteiger partial charge in [-0.25, -0.2) is 0 Å². The first-order chi connectivity index (χ1) is 4.35. The Bertz CT molecular complexity index is 118. The molecule has 0 saturated heterocycles. The van der Waals surface area contributed by atoms with Gasteiger partial charge in [0.1, 0.15) is 0 Å². The van der Waals surface area contributed by atoms with Crippen molar-refractivity contribution in [2.75, 3.05) is 0 Å². The highest BCUT2D eigenvalue weighted by Crippen LogP contribution is 2.01. The Labute approximate surface area is 57.6 Å². The van der Waals surface area contributed by atoms with Crippen LogP contribution in [0.2, 0.25) is 0 Å². The van der Waals surface area contributed by atoms with Crippen LogP contribution in [0.25, 0.3) is 0 Å². The number of rotatable bonds is 4. The molecule has 0 aliphatic carbocycles. The van der Waals surface area contributed by atoms with E-state index in [4.69, 9.17) is 0 Å². The molecule has 0 aromatic heterocycles. The molecular weight excluding hydrogens is 108 g/mol. The van der Waals surface area contributed by atoms with Crippen LogP contribution in [-0.4, -0.2) is 0 Å². The molecule has 0 aliphatic rings. The zero-order valence-corrected chi connectivity index (χ0v) is 5.98. The van der Waals surface area contributed by atoms with Crippen molar-refractivity contribution in [1.29, 1.82) is 0 Å². The predicted molar refractivity (Wildman–Crippen MR) is 42.1 cm³/mol. The van der Waals surface area contributed by atoms with Crippen LogP contribution in [0, 0.1) is 6.08 Å². The Balaban J connectivity index is 3.74. The molecule has 0 amide bonds. The number of hydrogen-bond donors (Lipinski definition) is 0. The van der Waals surface area contributed by atoms with E-state index in [1.807, 2.05) is 12.2 Å². The van der Waals surface area contributed by atoms with E-state index in [-0.39, 0.29) is 0 Å². The van der Waals surface area contributed by atoms with Crippen LogP contribution in [0.3, 0.4) is 0 Å². The quantitative estimate of drug-likeness (QED) is 0.396. The highest BCUT2D eigenvalue weighted by molar-refractivity contribution is 5.12. The topological polar surface area (TPSA) is 0 Å². The average Bonchev–Trinajstić information content (AvgIpc) is 1.91. The van der Waals surface area contributed by atoms with E-state index in [0.717, 1.165) is 12.8 Å². The summed E-state index contributed by atoms with van der Waals surface area (Å²) < 4.78 is 0. The number of allylic oxidation sites excluding steroid dienone is 4. The van der Waals surface area contributed by atoms with Crippen molar-refractivity contribution in [2.24, 2.45) is 0 Å². The molecule has 0 aromatic rings. The summed E-state index contributed by atoms with van der Waals surface area (Å²) in [6, 6.07) is 0. The molecule has 0 rings (SSSR count). The minimum absolute atomic E-state index is 0.829. The fourth-order valence-corrected chi connectivity index (χ4v) is 0.545. The fourth-order valence-electron chi connectivity index (χ4n) is 0.545. The van der Waals surface area contributed by atoms with Crippen LogP contribution in [0.15, 0.2) is 30.9 Å². The summed E-state index contributed by atoms with van der Waals surface area (Å²) in [4.78, 5) is 0. The summed E-state index contributed by atoms with van der Waals surface area (Å²) in [5, 5.41) is 0. The van der Waals surface area contributed by atoms with E-state index in [0.29, 0.717) is 0 Å². The first-order valence-corrected chi connectivity index (χ1v) is 3.18. The lowest BCUT2D eigenvalue weighted by Crippen LogP contribution is -1.72. The third-order valence-electron chi connectivity index (χ3n) is 1.10. The molecule has 9 heavy (non-hydrogen) atoms. The van der Waals surface area contributed by atoms with E-state index in [1.54, 1.807) is 0 Å². The van der Waals surface area contributed by atoms with E-state index >= 15 is 0 Å². The molecule has 0 aromatic carbocycles. The second kappa shape index (κ2) is 5.36. The lowest BCUT2D eigenvalue weighted by Gasteiger charge is -1.90. The normalized spacial score (nSPS) is 11.0. The van der Waals surface area contributed by atoms with Gasteiger partial charge in [0, 0.05) is 0 Å². The van der Waals surface area contributed by atoms with Crippen LogP contribution < -0.4 is 0 Å². The van der Waals surface area contributed by atoms with E-state index in [1.165, 1.54) is 5.57 Å². The van der Waals surface area contributed by atoms with Crippen molar-refractivity contribution >= 4 is 0 Å². The van der Waals surface area contributed by atoms with E-state index in [9.17, 15) is 0 Å². The first-order valence-electron chi connectivity index (χ1n) is 3.18. The molecule has 0 nitrogen and oxygen atoms in total. The second-order valence-electron chi connectivity index (χ2n) is 1.75.